The van der Waals surface area contributed by atoms with Crippen molar-refractivity contribution in [3.05, 3.63) is 56.2 Å². The second-order valence-corrected chi connectivity index (χ2v) is 9.75. The molecule has 0 atom stereocenters. The number of ketones is 1. The molecular formula is C21H26N4O7S. The molecule has 12 heteroatoms. The normalized spacial score (nSPS) is 15.1. The van der Waals surface area contributed by atoms with Crippen LogP contribution in [0.5, 0.6) is 0 Å². The van der Waals surface area contributed by atoms with Crippen LogP contribution in [0.1, 0.15) is 46.4 Å². The molecule has 0 amide bonds. The van der Waals surface area contributed by atoms with Gasteiger partial charge >= 0.3 is 11.7 Å². The van der Waals surface area contributed by atoms with Crippen molar-refractivity contribution in [2.24, 2.45) is 14.1 Å². The predicted molar refractivity (Wildman–Crippen MR) is 120 cm³/mol. The van der Waals surface area contributed by atoms with Crippen LogP contribution in [0.4, 0.5) is 5.82 Å². The summed E-state index contributed by atoms with van der Waals surface area (Å²) in [6.07, 6.45) is 3.48. The molecule has 0 aliphatic carbocycles. The first-order valence-corrected chi connectivity index (χ1v) is 11.9. The Hall–Kier alpha value is -3.25. The lowest BCUT2D eigenvalue weighted by Crippen LogP contribution is -2.42. The summed E-state index contributed by atoms with van der Waals surface area (Å²) in [4.78, 5) is 49.1. The molecule has 11 nitrogen and oxygen atoms in total. The molecule has 1 aliphatic rings. The summed E-state index contributed by atoms with van der Waals surface area (Å²) in [6, 6.07) is 5.39. The summed E-state index contributed by atoms with van der Waals surface area (Å²) < 4.78 is 34.0. The van der Waals surface area contributed by atoms with Crippen LogP contribution < -0.4 is 17.0 Å². The topological polar surface area (TPSA) is 151 Å². The van der Waals surface area contributed by atoms with Gasteiger partial charge < -0.3 is 10.5 Å². The average Bonchev–Trinajstić information content (AvgIpc) is 3.10. The van der Waals surface area contributed by atoms with Crippen molar-refractivity contribution in [3.63, 3.8) is 0 Å². The standard InChI is InChI=1S/C21H26N4O7S/c1-23-18(22)17(19(27)24(2)21(23)29)16(26)13-32-20(28)14-8-7-9-15(12-14)33(30,31)25-10-5-3-4-6-11-25/h7-9,12H,3-6,10-11,13,22H2,1-2H3. The summed E-state index contributed by atoms with van der Waals surface area (Å²) in [7, 11) is -1.28. The van der Waals surface area contributed by atoms with Crippen LogP contribution in [0, 0.1) is 0 Å². The summed E-state index contributed by atoms with van der Waals surface area (Å²) in [5.74, 6) is -2.16. The third kappa shape index (κ3) is 4.91. The largest absolute Gasteiger partial charge is 0.454 e. The fourth-order valence-electron chi connectivity index (χ4n) is 3.62. The van der Waals surface area contributed by atoms with E-state index in [1.165, 1.54) is 42.7 Å². The van der Waals surface area contributed by atoms with Gasteiger partial charge in [0.05, 0.1) is 10.5 Å². The van der Waals surface area contributed by atoms with E-state index in [0.29, 0.717) is 13.1 Å². The maximum Gasteiger partial charge on any atom is 0.338 e. The van der Waals surface area contributed by atoms with Crippen molar-refractivity contribution < 1.29 is 22.7 Å². The van der Waals surface area contributed by atoms with Gasteiger partial charge in [0.2, 0.25) is 15.8 Å². The molecule has 2 heterocycles. The second-order valence-electron chi connectivity index (χ2n) is 7.81. The maximum atomic E-state index is 13.0. The molecule has 0 saturated carbocycles. The minimum atomic E-state index is -3.77. The van der Waals surface area contributed by atoms with Gasteiger partial charge in [-0.1, -0.05) is 18.9 Å². The molecule has 178 valence electrons. The van der Waals surface area contributed by atoms with Crippen LogP contribution in [-0.4, -0.2) is 53.3 Å². The van der Waals surface area contributed by atoms with Gasteiger partial charge in [-0.25, -0.2) is 18.0 Å². The number of nitrogens with zero attached hydrogens (tertiary/aromatic N) is 3. The summed E-state index contributed by atoms with van der Waals surface area (Å²) in [6.45, 7) is 0.0303. The van der Waals surface area contributed by atoms with E-state index >= 15 is 0 Å². The molecular weight excluding hydrogens is 452 g/mol. The van der Waals surface area contributed by atoms with Gasteiger partial charge in [0.15, 0.2) is 6.61 Å². The number of ether oxygens (including phenoxy) is 1. The number of carbonyl (C=O) groups is 2. The molecule has 2 aromatic rings. The van der Waals surface area contributed by atoms with Crippen LogP contribution in [0.2, 0.25) is 0 Å². The van der Waals surface area contributed by atoms with Gasteiger partial charge in [0.25, 0.3) is 5.56 Å². The zero-order valence-corrected chi connectivity index (χ0v) is 19.3. The van der Waals surface area contributed by atoms with Gasteiger partial charge in [-0.15, -0.1) is 0 Å². The Bertz CT molecular complexity index is 1300. The number of benzene rings is 1. The fourth-order valence-corrected chi connectivity index (χ4v) is 5.19. The van der Waals surface area contributed by atoms with Crippen LogP contribution in [-0.2, 0) is 28.9 Å². The van der Waals surface area contributed by atoms with E-state index in [1.807, 2.05) is 0 Å². The minimum absolute atomic E-state index is 0.0404. The van der Waals surface area contributed by atoms with E-state index in [2.05, 4.69) is 0 Å². The van der Waals surface area contributed by atoms with Crippen molar-refractivity contribution in [3.8, 4) is 0 Å². The van der Waals surface area contributed by atoms with E-state index in [-0.39, 0.29) is 16.3 Å². The third-order valence-corrected chi connectivity index (χ3v) is 7.49. The van der Waals surface area contributed by atoms with Gasteiger partial charge in [0.1, 0.15) is 11.4 Å². The first kappa shape index (κ1) is 24.4. The highest BCUT2D eigenvalue weighted by atomic mass is 32.2. The number of anilines is 1. The zero-order valence-electron chi connectivity index (χ0n) is 18.4. The number of aromatic nitrogens is 2. The van der Waals surface area contributed by atoms with Gasteiger partial charge in [-0.2, -0.15) is 4.31 Å². The van der Waals surface area contributed by atoms with E-state index in [9.17, 15) is 27.6 Å². The quantitative estimate of drug-likeness (QED) is 0.459. The Morgan fingerprint density at radius 1 is 1.03 bits per heavy atom. The van der Waals surface area contributed by atoms with Gasteiger partial charge in [0, 0.05) is 27.2 Å². The number of sulfonamides is 1. The molecule has 2 N–H and O–H groups in total. The number of Topliss-reactive ketones (excluding diaryl/α,β-unsaturated/α-hetero) is 1. The Morgan fingerprint density at radius 2 is 1.67 bits per heavy atom. The van der Waals surface area contributed by atoms with E-state index < -0.39 is 45.2 Å². The molecule has 0 radical (unpaired) electrons. The SMILES string of the molecule is Cn1c(N)c(C(=O)COC(=O)c2cccc(S(=O)(=O)N3CCCCCC3)c2)c(=O)n(C)c1=O. The van der Waals surface area contributed by atoms with Crippen molar-refractivity contribution in [2.45, 2.75) is 30.6 Å². The highest BCUT2D eigenvalue weighted by Gasteiger charge is 2.26. The number of hydrogen-bond acceptors (Lipinski definition) is 8. The Kier molecular flexibility index (Phi) is 7.18. The molecule has 1 saturated heterocycles. The number of rotatable bonds is 6. The summed E-state index contributed by atoms with van der Waals surface area (Å²) in [5.41, 5.74) is 3.61. The molecule has 33 heavy (non-hydrogen) atoms. The lowest BCUT2D eigenvalue weighted by Gasteiger charge is -2.20. The fraction of sp³-hybridized carbons (Fsp3) is 0.429. The lowest BCUT2D eigenvalue weighted by molar-refractivity contribution is 0.0474. The van der Waals surface area contributed by atoms with E-state index in [4.69, 9.17) is 10.5 Å². The molecule has 0 bridgehead atoms. The first-order valence-electron chi connectivity index (χ1n) is 10.4. The average molecular weight is 479 g/mol. The Labute approximate surface area is 190 Å². The summed E-state index contributed by atoms with van der Waals surface area (Å²) >= 11 is 0. The number of nitrogens with two attached hydrogens (primary N) is 1. The highest BCUT2D eigenvalue weighted by Crippen LogP contribution is 2.21. The molecule has 3 rings (SSSR count). The third-order valence-electron chi connectivity index (χ3n) is 5.60. The molecule has 0 unspecified atom stereocenters. The van der Waals surface area contributed by atoms with E-state index in [0.717, 1.165) is 34.8 Å². The number of hydrogen-bond donors (Lipinski definition) is 1. The van der Waals surface area contributed by atoms with Crippen LogP contribution in [0.3, 0.4) is 0 Å². The lowest BCUT2D eigenvalue weighted by atomic mass is 10.2. The zero-order chi connectivity index (χ0) is 24.3. The molecule has 0 spiro atoms. The van der Waals surface area contributed by atoms with Crippen molar-refractivity contribution in [1.82, 2.24) is 13.4 Å². The van der Waals surface area contributed by atoms with Crippen LogP contribution in [0.15, 0.2) is 38.8 Å². The number of esters is 1. The smallest absolute Gasteiger partial charge is 0.338 e. The molecule has 1 aliphatic heterocycles. The van der Waals surface area contributed by atoms with Crippen molar-refractivity contribution in [1.29, 1.82) is 0 Å². The highest BCUT2D eigenvalue weighted by molar-refractivity contribution is 7.89. The minimum Gasteiger partial charge on any atom is -0.454 e. The molecule has 1 aromatic carbocycles. The monoisotopic (exact) mass is 478 g/mol. The van der Waals surface area contributed by atoms with Gasteiger partial charge in [-0.05, 0) is 31.0 Å². The second kappa shape index (κ2) is 9.71. The molecule has 1 fully saturated rings. The number of carbonyl (C=O) groups excluding carboxylic acids is 2. The van der Waals surface area contributed by atoms with Crippen molar-refractivity contribution >= 4 is 27.6 Å². The van der Waals surface area contributed by atoms with Gasteiger partial charge in [-0.3, -0.25) is 18.7 Å². The van der Waals surface area contributed by atoms with Crippen LogP contribution >= 0.6 is 0 Å². The van der Waals surface area contributed by atoms with Crippen LogP contribution in [0.25, 0.3) is 0 Å². The molecule has 1 aromatic heterocycles. The Morgan fingerprint density at radius 3 is 2.30 bits per heavy atom. The van der Waals surface area contributed by atoms with Crippen molar-refractivity contribution in [2.75, 3.05) is 25.4 Å². The van der Waals surface area contributed by atoms with E-state index in [1.54, 1.807) is 0 Å². The Balaban J connectivity index is 1.78. The maximum absolute atomic E-state index is 13.0. The summed E-state index contributed by atoms with van der Waals surface area (Å²) in [5, 5.41) is 0. The number of nitrogen functional groups attached to an aromatic ring is 1. The predicted octanol–water partition coefficient (Wildman–Crippen LogP) is 0.271. The first-order chi connectivity index (χ1) is 15.6.